The van der Waals surface area contributed by atoms with Crippen LogP contribution in [-0.2, 0) is 10.3 Å². The van der Waals surface area contributed by atoms with Gasteiger partial charge in [-0.15, -0.1) is 0 Å². The van der Waals surface area contributed by atoms with Gasteiger partial charge in [0.05, 0.1) is 18.9 Å². The highest BCUT2D eigenvalue weighted by molar-refractivity contribution is 9.10. The second kappa shape index (κ2) is 12.1. The zero-order valence-electron chi connectivity index (χ0n) is 22.6. The van der Waals surface area contributed by atoms with Crippen LogP contribution < -0.4 is 10.2 Å². The van der Waals surface area contributed by atoms with E-state index in [1.54, 1.807) is 6.20 Å². The summed E-state index contributed by atoms with van der Waals surface area (Å²) in [5.41, 5.74) is 5.51. The van der Waals surface area contributed by atoms with Crippen LogP contribution >= 0.6 is 15.9 Å². The summed E-state index contributed by atoms with van der Waals surface area (Å²) in [6.45, 7) is 2.95. The number of anilines is 2. The molecule has 6 heteroatoms. The molecular formula is C35H31BrN4O. The number of hydrogen-bond acceptors (Lipinski definition) is 5. The molecular weight excluding hydrogens is 572 g/mol. The van der Waals surface area contributed by atoms with Gasteiger partial charge in [0.2, 0.25) is 0 Å². The number of nitrogens with one attached hydrogen (secondary N) is 2. The van der Waals surface area contributed by atoms with Crippen LogP contribution in [-0.4, -0.2) is 37.0 Å². The van der Waals surface area contributed by atoms with Crippen LogP contribution in [0.1, 0.15) is 27.8 Å². The van der Waals surface area contributed by atoms with Gasteiger partial charge in [-0.25, -0.2) is 4.98 Å². The number of ether oxygens (including phenoxy) is 1. The predicted octanol–water partition coefficient (Wildman–Crippen LogP) is 7.50. The van der Waals surface area contributed by atoms with Crippen molar-refractivity contribution in [2.24, 2.45) is 0 Å². The second-order valence-electron chi connectivity index (χ2n) is 10.0. The summed E-state index contributed by atoms with van der Waals surface area (Å²) in [6.07, 6.45) is 1.79. The molecule has 0 amide bonds. The molecule has 1 aliphatic rings. The van der Waals surface area contributed by atoms with Gasteiger partial charge in [0, 0.05) is 40.6 Å². The third-order valence-electron chi connectivity index (χ3n) is 7.56. The molecule has 0 aliphatic carbocycles. The Morgan fingerprint density at radius 3 is 1.88 bits per heavy atom. The Bertz CT molecular complexity index is 1520. The maximum atomic E-state index is 9.41. The average Bonchev–Trinajstić information content (AvgIpc) is 3.05. The molecule has 5 aromatic rings. The van der Waals surface area contributed by atoms with Crippen molar-refractivity contribution in [2.45, 2.75) is 5.54 Å². The molecule has 0 unspecified atom stereocenters. The standard InChI is InChI=1S/C35H31BrN4O/c36-30-16-17-32(31(25-30)34(37)26-18-19-38-33(24-26)40-20-22-41-23-21-40)39-35(27-10-4-1-5-11-27,28-12-6-2-7-13-28)29-14-8-3-9-15-29/h1-19,24-25,37,39H,20-23H2. The van der Waals surface area contributed by atoms with E-state index in [0.717, 1.165) is 56.9 Å². The fourth-order valence-electron chi connectivity index (χ4n) is 5.51. The van der Waals surface area contributed by atoms with Crippen molar-refractivity contribution in [1.82, 2.24) is 4.98 Å². The highest BCUT2D eigenvalue weighted by Crippen LogP contribution is 2.41. The maximum Gasteiger partial charge on any atom is 0.129 e. The number of hydrogen-bond donors (Lipinski definition) is 2. The van der Waals surface area contributed by atoms with E-state index in [1.807, 2.05) is 42.5 Å². The van der Waals surface area contributed by atoms with Crippen LogP contribution in [0.3, 0.4) is 0 Å². The zero-order chi connectivity index (χ0) is 28.1. The van der Waals surface area contributed by atoms with Gasteiger partial charge in [-0.3, -0.25) is 5.41 Å². The fraction of sp³-hybridized carbons (Fsp3) is 0.143. The molecule has 5 nitrogen and oxygen atoms in total. The quantitative estimate of drug-likeness (QED) is 0.143. The van der Waals surface area contributed by atoms with Gasteiger partial charge in [0.15, 0.2) is 0 Å². The lowest BCUT2D eigenvalue weighted by Crippen LogP contribution is -2.38. The van der Waals surface area contributed by atoms with Crippen LogP contribution in [0, 0.1) is 5.41 Å². The molecule has 41 heavy (non-hydrogen) atoms. The van der Waals surface area contributed by atoms with E-state index in [4.69, 9.17) is 4.74 Å². The molecule has 0 saturated carbocycles. The summed E-state index contributed by atoms with van der Waals surface area (Å²) in [5.74, 6) is 0.868. The van der Waals surface area contributed by atoms with E-state index >= 15 is 0 Å². The third kappa shape index (κ3) is 5.53. The molecule has 0 atom stereocenters. The van der Waals surface area contributed by atoms with Gasteiger partial charge in [0.25, 0.3) is 0 Å². The number of rotatable bonds is 8. The largest absolute Gasteiger partial charge is 0.378 e. The van der Waals surface area contributed by atoms with Crippen LogP contribution in [0.5, 0.6) is 0 Å². The first-order valence-corrected chi connectivity index (χ1v) is 14.6. The Morgan fingerprint density at radius 2 is 1.32 bits per heavy atom. The maximum absolute atomic E-state index is 9.41. The number of halogens is 1. The summed E-state index contributed by atoms with van der Waals surface area (Å²) < 4.78 is 6.44. The summed E-state index contributed by atoms with van der Waals surface area (Å²) in [5, 5.41) is 13.4. The normalized spacial score (nSPS) is 13.5. The predicted molar refractivity (Wildman–Crippen MR) is 170 cm³/mol. The first-order valence-electron chi connectivity index (χ1n) is 13.8. The molecule has 6 rings (SSSR count). The smallest absolute Gasteiger partial charge is 0.129 e. The number of pyridine rings is 1. The number of morpholine rings is 1. The van der Waals surface area contributed by atoms with Gasteiger partial charge < -0.3 is 15.0 Å². The first-order chi connectivity index (χ1) is 20.1. The highest BCUT2D eigenvalue weighted by Gasteiger charge is 2.37. The van der Waals surface area contributed by atoms with Gasteiger partial charge in [-0.1, -0.05) is 107 Å². The molecule has 2 heterocycles. The molecule has 1 aliphatic heterocycles. The SMILES string of the molecule is N=C(c1ccnc(N2CCOCC2)c1)c1cc(Br)ccc1NC(c1ccccc1)(c1ccccc1)c1ccccc1. The number of aromatic nitrogens is 1. The lowest BCUT2D eigenvalue weighted by molar-refractivity contribution is 0.122. The molecule has 2 N–H and O–H groups in total. The van der Waals surface area contributed by atoms with Crippen molar-refractivity contribution in [3.05, 3.63) is 160 Å². The van der Waals surface area contributed by atoms with Crippen molar-refractivity contribution < 1.29 is 4.74 Å². The molecule has 1 aromatic heterocycles. The minimum Gasteiger partial charge on any atom is -0.378 e. The van der Waals surface area contributed by atoms with E-state index in [1.165, 1.54) is 0 Å². The Kier molecular flexibility index (Phi) is 7.94. The summed E-state index contributed by atoms with van der Waals surface area (Å²) in [7, 11) is 0. The first kappa shape index (κ1) is 26.9. The number of benzene rings is 4. The van der Waals surface area contributed by atoms with Gasteiger partial charge in [0.1, 0.15) is 11.4 Å². The van der Waals surface area contributed by atoms with Crippen molar-refractivity contribution in [2.75, 3.05) is 36.5 Å². The minimum absolute atomic E-state index is 0.425. The Balaban J connectivity index is 1.49. The Morgan fingerprint density at radius 1 is 0.756 bits per heavy atom. The minimum atomic E-state index is -0.705. The average molecular weight is 604 g/mol. The van der Waals surface area contributed by atoms with Crippen molar-refractivity contribution in [1.29, 1.82) is 5.41 Å². The second-order valence-corrected chi connectivity index (χ2v) is 11.0. The Hall–Kier alpha value is -4.26. The highest BCUT2D eigenvalue weighted by atomic mass is 79.9. The van der Waals surface area contributed by atoms with E-state index in [0.29, 0.717) is 18.9 Å². The van der Waals surface area contributed by atoms with E-state index < -0.39 is 5.54 Å². The number of nitrogens with zero attached hydrogens (tertiary/aromatic N) is 2. The van der Waals surface area contributed by atoms with Crippen molar-refractivity contribution in [3.8, 4) is 0 Å². The zero-order valence-corrected chi connectivity index (χ0v) is 24.2. The molecule has 1 fully saturated rings. The van der Waals surface area contributed by atoms with Gasteiger partial charge in [-0.05, 0) is 47.0 Å². The molecule has 0 bridgehead atoms. The van der Waals surface area contributed by atoms with Crippen LogP contribution in [0.2, 0.25) is 0 Å². The Labute approximate surface area is 249 Å². The van der Waals surface area contributed by atoms with Gasteiger partial charge in [-0.2, -0.15) is 0 Å². The lowest BCUT2D eigenvalue weighted by atomic mass is 9.76. The summed E-state index contributed by atoms with van der Waals surface area (Å²) >= 11 is 3.67. The van der Waals surface area contributed by atoms with Crippen LogP contribution in [0.15, 0.2) is 132 Å². The van der Waals surface area contributed by atoms with E-state index in [-0.39, 0.29) is 0 Å². The topological polar surface area (TPSA) is 61.2 Å². The van der Waals surface area contributed by atoms with Crippen LogP contribution in [0.25, 0.3) is 0 Å². The van der Waals surface area contributed by atoms with Crippen molar-refractivity contribution >= 4 is 33.1 Å². The summed E-state index contributed by atoms with van der Waals surface area (Å²) in [4.78, 5) is 6.82. The van der Waals surface area contributed by atoms with E-state index in [2.05, 4.69) is 110 Å². The lowest BCUT2D eigenvalue weighted by Gasteiger charge is -2.38. The monoisotopic (exact) mass is 602 g/mol. The molecule has 204 valence electrons. The fourth-order valence-corrected chi connectivity index (χ4v) is 5.87. The van der Waals surface area contributed by atoms with Crippen molar-refractivity contribution in [3.63, 3.8) is 0 Å². The van der Waals surface area contributed by atoms with Crippen LogP contribution in [0.4, 0.5) is 11.5 Å². The molecule has 4 aromatic carbocycles. The third-order valence-corrected chi connectivity index (χ3v) is 8.06. The van der Waals surface area contributed by atoms with E-state index in [9.17, 15) is 5.41 Å². The molecule has 1 saturated heterocycles. The molecule has 0 spiro atoms. The molecule has 0 radical (unpaired) electrons. The summed E-state index contributed by atoms with van der Waals surface area (Å²) in [6, 6.07) is 41.6. The van der Waals surface area contributed by atoms with Gasteiger partial charge >= 0.3 is 0 Å².